The Labute approximate surface area is 121 Å². The molecule has 0 fully saturated rings. The first-order chi connectivity index (χ1) is 9.78. The van der Waals surface area contributed by atoms with E-state index in [0.29, 0.717) is 17.5 Å². The molecule has 3 rings (SSSR count). The van der Waals surface area contributed by atoms with Gasteiger partial charge in [0.25, 0.3) is 0 Å². The van der Waals surface area contributed by atoms with E-state index in [1.54, 1.807) is 6.26 Å². The average molecular weight is 291 g/mol. The van der Waals surface area contributed by atoms with E-state index < -0.39 is 0 Å². The van der Waals surface area contributed by atoms with Crippen LogP contribution in [0.2, 0.25) is 5.22 Å². The number of furan rings is 1. The molecule has 0 aliphatic heterocycles. The quantitative estimate of drug-likeness (QED) is 0.772. The highest BCUT2D eigenvalue weighted by molar-refractivity contribution is 6.29. The van der Waals surface area contributed by atoms with Crippen LogP contribution in [0, 0.1) is 0 Å². The molecule has 0 saturated heterocycles. The van der Waals surface area contributed by atoms with E-state index >= 15 is 0 Å². The predicted octanol–water partition coefficient (Wildman–Crippen LogP) is 3.97. The summed E-state index contributed by atoms with van der Waals surface area (Å²) in [5, 5.41) is 3.78. The van der Waals surface area contributed by atoms with Gasteiger partial charge in [-0.3, -0.25) is 0 Å². The molecule has 1 unspecified atom stereocenters. The number of fused-ring (bicyclic) bond motifs is 1. The van der Waals surface area contributed by atoms with Gasteiger partial charge in [-0.1, -0.05) is 19.1 Å². The smallest absolute Gasteiger partial charge is 0.197 e. The first-order valence-electron chi connectivity index (χ1n) is 6.58. The van der Waals surface area contributed by atoms with Crippen molar-refractivity contribution in [3.8, 4) is 0 Å². The summed E-state index contributed by atoms with van der Waals surface area (Å²) in [4.78, 5) is 4.49. The van der Waals surface area contributed by atoms with E-state index in [1.165, 1.54) is 0 Å². The minimum atomic E-state index is 0.0271. The summed E-state index contributed by atoms with van der Waals surface area (Å²) < 4.78 is 10.9. The topological polar surface area (TPSA) is 51.2 Å². The van der Waals surface area contributed by atoms with Crippen molar-refractivity contribution in [1.29, 1.82) is 0 Å². The van der Waals surface area contributed by atoms with Gasteiger partial charge in [0.05, 0.1) is 6.26 Å². The summed E-state index contributed by atoms with van der Waals surface area (Å²) in [5.41, 5.74) is 2.60. The zero-order valence-corrected chi connectivity index (χ0v) is 11.9. The van der Waals surface area contributed by atoms with Crippen LogP contribution in [-0.4, -0.2) is 11.5 Å². The van der Waals surface area contributed by atoms with E-state index in [0.717, 1.165) is 23.2 Å². The predicted molar refractivity (Wildman–Crippen MR) is 77.8 cm³/mol. The highest BCUT2D eigenvalue weighted by atomic mass is 35.5. The Morgan fingerprint density at radius 1 is 1.30 bits per heavy atom. The zero-order valence-electron chi connectivity index (χ0n) is 11.1. The third-order valence-corrected chi connectivity index (χ3v) is 3.50. The maximum atomic E-state index is 6.06. The largest absolute Gasteiger partial charge is 0.453 e. The lowest BCUT2D eigenvalue weighted by Crippen LogP contribution is -2.22. The summed E-state index contributed by atoms with van der Waals surface area (Å²) in [5.74, 6) is 0.689. The third kappa shape index (κ3) is 2.57. The molecule has 4 nitrogen and oxygen atoms in total. The molecule has 0 aliphatic rings. The fraction of sp³-hybridized carbons (Fsp3) is 0.267. The highest BCUT2D eigenvalue weighted by Crippen LogP contribution is 2.27. The van der Waals surface area contributed by atoms with Crippen LogP contribution in [0.1, 0.15) is 24.4 Å². The number of oxazole rings is 1. The Bertz CT molecular complexity index is 672. The lowest BCUT2D eigenvalue weighted by Gasteiger charge is -2.14. The Balaban J connectivity index is 1.88. The molecule has 0 amide bonds. The second-order valence-corrected chi connectivity index (χ2v) is 4.88. The number of para-hydroxylation sites is 2. The summed E-state index contributed by atoms with van der Waals surface area (Å²) in [6.07, 6.45) is 2.22. The minimum Gasteiger partial charge on any atom is -0.453 e. The summed E-state index contributed by atoms with van der Waals surface area (Å²) in [6, 6.07) is 9.64. The molecule has 5 heteroatoms. The van der Waals surface area contributed by atoms with Crippen molar-refractivity contribution in [3.63, 3.8) is 0 Å². The molecule has 2 aromatic heterocycles. The molecule has 0 spiro atoms. The van der Waals surface area contributed by atoms with E-state index in [4.69, 9.17) is 20.4 Å². The fourth-order valence-corrected chi connectivity index (χ4v) is 2.52. The maximum absolute atomic E-state index is 6.06. The second kappa shape index (κ2) is 5.69. The number of hydrogen-bond acceptors (Lipinski definition) is 4. The number of halogens is 1. The summed E-state index contributed by atoms with van der Waals surface area (Å²) in [6.45, 7) is 2.87. The van der Waals surface area contributed by atoms with Gasteiger partial charge in [0.2, 0.25) is 0 Å². The Morgan fingerprint density at radius 3 is 2.85 bits per heavy atom. The highest BCUT2D eigenvalue weighted by Gasteiger charge is 2.19. The summed E-state index contributed by atoms with van der Waals surface area (Å²) >= 11 is 6.06. The molecular weight excluding hydrogens is 276 g/mol. The van der Waals surface area contributed by atoms with Crippen LogP contribution >= 0.6 is 11.6 Å². The molecular formula is C15H15ClN2O2. The fourth-order valence-electron chi connectivity index (χ4n) is 2.27. The van der Waals surface area contributed by atoms with Crippen LogP contribution < -0.4 is 5.32 Å². The van der Waals surface area contributed by atoms with Crippen LogP contribution in [0.15, 0.2) is 45.4 Å². The van der Waals surface area contributed by atoms with Gasteiger partial charge in [0.1, 0.15) is 5.52 Å². The average Bonchev–Trinajstić information content (AvgIpc) is 3.03. The van der Waals surface area contributed by atoms with Crippen molar-refractivity contribution in [3.05, 3.63) is 53.3 Å². The Kier molecular flexibility index (Phi) is 3.76. The molecule has 0 aliphatic carbocycles. The number of benzene rings is 1. The van der Waals surface area contributed by atoms with Crippen molar-refractivity contribution >= 4 is 22.7 Å². The third-order valence-electron chi connectivity index (χ3n) is 3.19. The molecule has 0 bridgehead atoms. The van der Waals surface area contributed by atoms with Crippen LogP contribution in [0.4, 0.5) is 0 Å². The number of rotatable bonds is 5. The SMILES string of the molecule is CCNC(Cc1nc2ccccc2o1)c1ccoc1Cl. The standard InChI is InChI=1S/C15H15ClN2O2/c1-2-17-12(10-7-8-19-15(10)16)9-14-18-11-5-3-4-6-13(11)20-14/h3-8,12,17H,2,9H2,1H3. The van der Waals surface area contributed by atoms with E-state index in [2.05, 4.69) is 10.3 Å². The van der Waals surface area contributed by atoms with Crippen molar-refractivity contribution < 1.29 is 8.83 Å². The maximum Gasteiger partial charge on any atom is 0.197 e. The second-order valence-electron chi connectivity index (χ2n) is 4.54. The monoisotopic (exact) mass is 290 g/mol. The first kappa shape index (κ1) is 13.2. The van der Waals surface area contributed by atoms with Gasteiger partial charge < -0.3 is 14.2 Å². The minimum absolute atomic E-state index is 0.0271. The van der Waals surface area contributed by atoms with E-state index in [1.807, 2.05) is 37.3 Å². The molecule has 1 N–H and O–H groups in total. The Morgan fingerprint density at radius 2 is 2.15 bits per heavy atom. The number of aromatic nitrogens is 1. The van der Waals surface area contributed by atoms with E-state index in [9.17, 15) is 0 Å². The van der Waals surface area contributed by atoms with Crippen molar-refractivity contribution in [2.45, 2.75) is 19.4 Å². The molecule has 0 saturated carbocycles. The van der Waals surface area contributed by atoms with Gasteiger partial charge in [-0.05, 0) is 36.3 Å². The van der Waals surface area contributed by atoms with Gasteiger partial charge in [-0.15, -0.1) is 0 Å². The molecule has 2 heterocycles. The van der Waals surface area contributed by atoms with Gasteiger partial charge >= 0.3 is 0 Å². The van der Waals surface area contributed by atoms with Crippen molar-refractivity contribution in [2.24, 2.45) is 0 Å². The number of likely N-dealkylation sites (N-methyl/N-ethyl adjacent to an activating group) is 1. The van der Waals surface area contributed by atoms with E-state index in [-0.39, 0.29) is 6.04 Å². The van der Waals surface area contributed by atoms with Gasteiger partial charge in [-0.25, -0.2) is 4.98 Å². The molecule has 3 aromatic rings. The zero-order chi connectivity index (χ0) is 13.9. The first-order valence-corrected chi connectivity index (χ1v) is 6.96. The molecule has 104 valence electrons. The van der Waals surface area contributed by atoms with Gasteiger partial charge in [0, 0.05) is 18.0 Å². The molecule has 20 heavy (non-hydrogen) atoms. The lowest BCUT2D eigenvalue weighted by atomic mass is 10.1. The Hall–Kier alpha value is -1.78. The van der Waals surface area contributed by atoms with Crippen LogP contribution in [-0.2, 0) is 6.42 Å². The molecule has 1 aromatic carbocycles. The van der Waals surface area contributed by atoms with Gasteiger partial charge in [-0.2, -0.15) is 0 Å². The summed E-state index contributed by atoms with van der Waals surface area (Å²) in [7, 11) is 0. The van der Waals surface area contributed by atoms with Crippen LogP contribution in [0.25, 0.3) is 11.1 Å². The number of nitrogens with zero attached hydrogens (tertiary/aromatic N) is 1. The van der Waals surface area contributed by atoms with Gasteiger partial charge in [0.15, 0.2) is 16.7 Å². The van der Waals surface area contributed by atoms with Crippen molar-refractivity contribution in [1.82, 2.24) is 10.3 Å². The number of nitrogens with one attached hydrogen (secondary N) is 1. The van der Waals surface area contributed by atoms with Crippen LogP contribution in [0.3, 0.4) is 0 Å². The van der Waals surface area contributed by atoms with Crippen LogP contribution in [0.5, 0.6) is 0 Å². The normalized spacial score (nSPS) is 12.9. The molecule has 0 radical (unpaired) electrons. The molecule has 1 atom stereocenters. The van der Waals surface area contributed by atoms with Crippen molar-refractivity contribution in [2.75, 3.05) is 6.54 Å². The lowest BCUT2D eigenvalue weighted by molar-refractivity contribution is 0.456. The number of hydrogen-bond donors (Lipinski definition) is 1.